The van der Waals surface area contributed by atoms with Crippen molar-refractivity contribution >= 4 is 5.91 Å². The van der Waals surface area contributed by atoms with Gasteiger partial charge in [-0.05, 0) is 13.0 Å². The lowest BCUT2D eigenvalue weighted by molar-refractivity contribution is -0.120. The van der Waals surface area contributed by atoms with Crippen LogP contribution in [0.4, 0.5) is 4.39 Å². The van der Waals surface area contributed by atoms with Crippen LogP contribution in [0.3, 0.4) is 0 Å². The molecule has 1 atom stereocenters. The van der Waals surface area contributed by atoms with Crippen molar-refractivity contribution < 1.29 is 18.7 Å². The van der Waals surface area contributed by atoms with Crippen LogP contribution < -0.4 is 14.8 Å². The molecule has 0 spiro atoms. The molecular weight excluding hydrogens is 275 g/mol. The van der Waals surface area contributed by atoms with Gasteiger partial charge in [0.2, 0.25) is 5.91 Å². The first-order valence-electron chi connectivity index (χ1n) is 6.96. The first-order valence-corrected chi connectivity index (χ1v) is 6.96. The summed E-state index contributed by atoms with van der Waals surface area (Å²) in [5.74, 6) is 0.589. The molecule has 1 heterocycles. The van der Waals surface area contributed by atoms with Gasteiger partial charge in [-0.15, -0.1) is 0 Å². The monoisotopic (exact) mass is 296 g/mol. The van der Waals surface area contributed by atoms with Crippen molar-refractivity contribution in [3.8, 4) is 11.5 Å². The standard InChI is InChI=1S/C15H21FN2O3/c1-10-8-17-15(19)4-5-18(10)9-11-6-13(20-2)14(21-3)7-12(11)16/h6-7,10H,4-5,8-9H2,1-3H3,(H,17,19)/t10-/m0/s1. The number of ether oxygens (including phenoxy) is 2. The minimum atomic E-state index is -0.330. The van der Waals surface area contributed by atoms with E-state index in [1.165, 1.54) is 20.3 Å². The fourth-order valence-electron chi connectivity index (χ4n) is 2.42. The third kappa shape index (κ3) is 3.64. The summed E-state index contributed by atoms with van der Waals surface area (Å²) in [5.41, 5.74) is 0.536. The Morgan fingerprint density at radius 2 is 2.00 bits per heavy atom. The molecule has 0 radical (unpaired) electrons. The summed E-state index contributed by atoms with van der Waals surface area (Å²) in [6.07, 6.45) is 0.430. The van der Waals surface area contributed by atoms with Gasteiger partial charge in [-0.2, -0.15) is 0 Å². The smallest absolute Gasteiger partial charge is 0.221 e. The Balaban J connectivity index is 2.20. The third-order valence-electron chi connectivity index (χ3n) is 3.77. The number of nitrogens with zero attached hydrogens (tertiary/aromatic N) is 1. The Morgan fingerprint density at radius 3 is 2.67 bits per heavy atom. The molecule has 1 aromatic rings. The van der Waals surface area contributed by atoms with Crippen LogP contribution in [-0.2, 0) is 11.3 Å². The normalized spacial score (nSPS) is 19.8. The highest BCUT2D eigenvalue weighted by Crippen LogP contribution is 2.30. The fourth-order valence-corrected chi connectivity index (χ4v) is 2.42. The van der Waals surface area contributed by atoms with Crippen molar-refractivity contribution in [1.82, 2.24) is 10.2 Å². The first kappa shape index (κ1) is 15.6. The van der Waals surface area contributed by atoms with Gasteiger partial charge in [0.1, 0.15) is 5.82 Å². The average Bonchev–Trinajstić information content (AvgIpc) is 2.64. The average molecular weight is 296 g/mol. The quantitative estimate of drug-likeness (QED) is 0.916. The van der Waals surface area contributed by atoms with Crippen LogP contribution >= 0.6 is 0 Å². The summed E-state index contributed by atoms with van der Waals surface area (Å²) in [5, 5.41) is 2.85. The van der Waals surface area contributed by atoms with Crippen molar-refractivity contribution in [1.29, 1.82) is 0 Å². The van der Waals surface area contributed by atoms with Gasteiger partial charge in [0.15, 0.2) is 11.5 Å². The molecule has 0 aliphatic carbocycles. The number of halogens is 1. The van der Waals surface area contributed by atoms with Crippen molar-refractivity contribution in [3.63, 3.8) is 0 Å². The maximum Gasteiger partial charge on any atom is 0.221 e. The molecule has 1 N–H and O–H groups in total. The number of benzene rings is 1. The summed E-state index contributed by atoms with van der Waals surface area (Å²) in [6.45, 7) is 3.64. The number of carbonyl (C=O) groups is 1. The number of hydrogen-bond donors (Lipinski definition) is 1. The molecule has 0 bridgehead atoms. The van der Waals surface area contributed by atoms with Crippen LogP contribution in [0.15, 0.2) is 12.1 Å². The molecule has 1 aromatic carbocycles. The van der Waals surface area contributed by atoms with Gasteiger partial charge < -0.3 is 14.8 Å². The van der Waals surface area contributed by atoms with E-state index in [2.05, 4.69) is 10.2 Å². The number of rotatable bonds is 4. The lowest BCUT2D eigenvalue weighted by atomic mass is 10.1. The SMILES string of the molecule is COc1cc(F)c(CN2CCC(=O)NC[C@@H]2C)cc1OC. The third-order valence-corrected chi connectivity index (χ3v) is 3.77. The van der Waals surface area contributed by atoms with E-state index in [-0.39, 0.29) is 17.8 Å². The maximum atomic E-state index is 14.2. The topological polar surface area (TPSA) is 50.8 Å². The molecule has 1 aliphatic rings. The van der Waals surface area contributed by atoms with Crippen molar-refractivity contribution in [3.05, 3.63) is 23.5 Å². The highest BCUT2D eigenvalue weighted by atomic mass is 19.1. The zero-order valence-corrected chi connectivity index (χ0v) is 12.6. The fraction of sp³-hybridized carbons (Fsp3) is 0.533. The number of methoxy groups -OCH3 is 2. The molecule has 0 aromatic heterocycles. The second-order valence-corrected chi connectivity index (χ2v) is 5.17. The van der Waals surface area contributed by atoms with Crippen LogP contribution in [-0.4, -0.2) is 44.2 Å². The number of hydrogen-bond acceptors (Lipinski definition) is 4. The molecule has 5 nitrogen and oxygen atoms in total. The second-order valence-electron chi connectivity index (χ2n) is 5.17. The van der Waals surface area contributed by atoms with E-state index < -0.39 is 0 Å². The van der Waals surface area contributed by atoms with Gasteiger partial charge in [-0.25, -0.2) is 4.39 Å². The minimum Gasteiger partial charge on any atom is -0.493 e. The summed E-state index contributed by atoms with van der Waals surface area (Å²) < 4.78 is 24.5. The van der Waals surface area contributed by atoms with Gasteiger partial charge in [-0.1, -0.05) is 0 Å². The van der Waals surface area contributed by atoms with E-state index in [4.69, 9.17) is 9.47 Å². The van der Waals surface area contributed by atoms with E-state index in [1.54, 1.807) is 6.07 Å². The highest BCUT2D eigenvalue weighted by Gasteiger charge is 2.22. The predicted molar refractivity (Wildman–Crippen MR) is 77.0 cm³/mol. The second kappa shape index (κ2) is 6.76. The van der Waals surface area contributed by atoms with E-state index in [1.807, 2.05) is 6.92 Å². The van der Waals surface area contributed by atoms with Gasteiger partial charge >= 0.3 is 0 Å². The molecule has 0 unspecified atom stereocenters. The van der Waals surface area contributed by atoms with Crippen LogP contribution in [0.1, 0.15) is 18.9 Å². The van der Waals surface area contributed by atoms with Crippen LogP contribution in [0, 0.1) is 5.82 Å². The molecule has 116 valence electrons. The molecule has 2 rings (SSSR count). The van der Waals surface area contributed by atoms with Gasteiger partial charge in [0.25, 0.3) is 0 Å². The Hall–Kier alpha value is -1.82. The molecule has 21 heavy (non-hydrogen) atoms. The van der Waals surface area contributed by atoms with Crippen molar-refractivity contribution in [2.45, 2.75) is 25.9 Å². The zero-order valence-electron chi connectivity index (χ0n) is 12.6. The lowest BCUT2D eigenvalue weighted by Gasteiger charge is -2.26. The van der Waals surface area contributed by atoms with E-state index in [0.717, 1.165) is 0 Å². The van der Waals surface area contributed by atoms with E-state index >= 15 is 0 Å². The Labute approximate surface area is 124 Å². The first-order chi connectivity index (χ1) is 10.0. The Kier molecular flexibility index (Phi) is 5.01. The predicted octanol–water partition coefficient (Wildman–Crippen LogP) is 1.55. The van der Waals surface area contributed by atoms with Crippen LogP contribution in [0.2, 0.25) is 0 Å². The van der Waals surface area contributed by atoms with Gasteiger partial charge in [0, 0.05) is 43.7 Å². The summed E-state index contributed by atoms with van der Waals surface area (Å²) in [7, 11) is 3.00. The summed E-state index contributed by atoms with van der Waals surface area (Å²) in [4.78, 5) is 13.5. The van der Waals surface area contributed by atoms with E-state index in [9.17, 15) is 9.18 Å². The zero-order chi connectivity index (χ0) is 15.4. The molecule has 1 fully saturated rings. The molecule has 1 amide bonds. The van der Waals surface area contributed by atoms with Crippen LogP contribution in [0.5, 0.6) is 11.5 Å². The van der Waals surface area contributed by atoms with Crippen LogP contribution in [0.25, 0.3) is 0 Å². The Bertz CT molecular complexity index is 522. The minimum absolute atomic E-state index is 0.0390. The molecule has 0 saturated carbocycles. The molecule has 1 aliphatic heterocycles. The highest BCUT2D eigenvalue weighted by molar-refractivity contribution is 5.76. The van der Waals surface area contributed by atoms with Crippen molar-refractivity contribution in [2.24, 2.45) is 0 Å². The van der Waals surface area contributed by atoms with Crippen molar-refractivity contribution in [2.75, 3.05) is 27.3 Å². The van der Waals surface area contributed by atoms with Gasteiger partial charge in [-0.3, -0.25) is 9.69 Å². The maximum absolute atomic E-state index is 14.2. The number of nitrogens with one attached hydrogen (secondary N) is 1. The lowest BCUT2D eigenvalue weighted by Crippen LogP contribution is -2.37. The molecule has 1 saturated heterocycles. The Morgan fingerprint density at radius 1 is 1.33 bits per heavy atom. The van der Waals surface area contributed by atoms with E-state index in [0.29, 0.717) is 43.1 Å². The molecular formula is C15H21FN2O3. The number of amides is 1. The number of carbonyl (C=O) groups excluding carboxylic acids is 1. The summed E-state index contributed by atoms with van der Waals surface area (Å²) >= 11 is 0. The largest absolute Gasteiger partial charge is 0.493 e. The van der Waals surface area contributed by atoms with Gasteiger partial charge in [0.05, 0.1) is 14.2 Å². The summed E-state index contributed by atoms with van der Waals surface area (Å²) in [6, 6.07) is 3.14. The molecule has 6 heteroatoms.